The molecule has 0 aromatic rings. The third-order valence-corrected chi connectivity index (χ3v) is 3.99. The van der Waals surface area contributed by atoms with Crippen LogP contribution < -0.4 is 0 Å². The van der Waals surface area contributed by atoms with Crippen molar-refractivity contribution in [2.24, 2.45) is 5.41 Å². The van der Waals surface area contributed by atoms with Gasteiger partial charge in [-0.1, -0.05) is 34.1 Å². The highest BCUT2D eigenvalue weighted by molar-refractivity contribution is 4.96. The highest BCUT2D eigenvalue weighted by Crippen LogP contribution is 2.39. The first kappa shape index (κ1) is 14.0. The largest absolute Gasteiger partial charge is 0.292 e. The number of nitrogens with zero attached hydrogens (tertiary/aromatic N) is 1. The Morgan fingerprint density at radius 3 is 1.94 bits per heavy atom. The summed E-state index contributed by atoms with van der Waals surface area (Å²) in [6, 6.07) is 1.53. The molecule has 1 fully saturated rings. The third-order valence-electron chi connectivity index (χ3n) is 3.99. The summed E-state index contributed by atoms with van der Waals surface area (Å²) in [5, 5.41) is 0. The SMILES string of the molecule is CCC1CCCC(C(C)(C)C)N1C(C)(C)C. The van der Waals surface area contributed by atoms with E-state index in [2.05, 4.69) is 53.4 Å². The molecule has 1 rings (SSSR count). The molecule has 0 aliphatic carbocycles. The van der Waals surface area contributed by atoms with Gasteiger partial charge in [-0.3, -0.25) is 4.90 Å². The lowest BCUT2D eigenvalue weighted by Crippen LogP contribution is -2.59. The van der Waals surface area contributed by atoms with Crippen LogP contribution in [0, 0.1) is 5.41 Å². The lowest BCUT2D eigenvalue weighted by Gasteiger charge is -2.54. The van der Waals surface area contributed by atoms with E-state index in [4.69, 9.17) is 0 Å². The van der Waals surface area contributed by atoms with Crippen LogP contribution >= 0.6 is 0 Å². The Hall–Kier alpha value is -0.0400. The van der Waals surface area contributed by atoms with Crippen LogP contribution in [-0.2, 0) is 0 Å². The Morgan fingerprint density at radius 1 is 1.00 bits per heavy atom. The topological polar surface area (TPSA) is 3.24 Å². The van der Waals surface area contributed by atoms with Crippen molar-refractivity contribution in [2.45, 2.75) is 91.8 Å². The van der Waals surface area contributed by atoms with Crippen LogP contribution in [0.15, 0.2) is 0 Å². The summed E-state index contributed by atoms with van der Waals surface area (Å²) in [4.78, 5) is 2.80. The first-order valence-electron chi connectivity index (χ1n) is 6.96. The van der Waals surface area contributed by atoms with Crippen LogP contribution in [0.25, 0.3) is 0 Å². The molecule has 0 bridgehead atoms. The molecule has 0 amide bonds. The van der Waals surface area contributed by atoms with E-state index >= 15 is 0 Å². The van der Waals surface area contributed by atoms with Crippen molar-refractivity contribution >= 4 is 0 Å². The van der Waals surface area contributed by atoms with Gasteiger partial charge in [-0.15, -0.1) is 0 Å². The minimum atomic E-state index is 0.305. The van der Waals surface area contributed by atoms with Crippen LogP contribution in [0.3, 0.4) is 0 Å². The van der Waals surface area contributed by atoms with Crippen LogP contribution in [0.5, 0.6) is 0 Å². The summed E-state index contributed by atoms with van der Waals surface area (Å²) in [5.74, 6) is 0. The summed E-state index contributed by atoms with van der Waals surface area (Å²) >= 11 is 0. The number of piperidine rings is 1. The van der Waals surface area contributed by atoms with E-state index in [1.165, 1.54) is 25.7 Å². The minimum absolute atomic E-state index is 0.305. The standard InChI is InChI=1S/C15H31N/c1-8-12-10-9-11-13(14(2,3)4)16(12)15(5,6)7/h12-13H,8-11H2,1-7H3. The van der Waals surface area contributed by atoms with Crippen molar-refractivity contribution in [3.05, 3.63) is 0 Å². The first-order chi connectivity index (χ1) is 7.18. The molecule has 0 radical (unpaired) electrons. The molecule has 0 spiro atoms. The molecule has 0 aromatic carbocycles. The van der Waals surface area contributed by atoms with Crippen molar-refractivity contribution in [3.8, 4) is 0 Å². The van der Waals surface area contributed by atoms with Crippen LogP contribution in [0.1, 0.15) is 74.1 Å². The molecule has 0 saturated carbocycles. The number of rotatable bonds is 1. The highest BCUT2D eigenvalue weighted by Gasteiger charge is 2.41. The van der Waals surface area contributed by atoms with Gasteiger partial charge in [0.15, 0.2) is 0 Å². The smallest absolute Gasteiger partial charge is 0.0152 e. The van der Waals surface area contributed by atoms with Gasteiger partial charge in [0.2, 0.25) is 0 Å². The Labute approximate surface area is 103 Å². The zero-order valence-corrected chi connectivity index (χ0v) is 12.4. The fourth-order valence-electron chi connectivity index (χ4n) is 3.35. The molecule has 0 N–H and O–H groups in total. The van der Waals surface area contributed by atoms with Crippen LogP contribution in [0.4, 0.5) is 0 Å². The fraction of sp³-hybridized carbons (Fsp3) is 1.00. The van der Waals surface area contributed by atoms with Crippen LogP contribution in [-0.4, -0.2) is 22.5 Å². The summed E-state index contributed by atoms with van der Waals surface area (Å²) in [5.41, 5.74) is 0.708. The highest BCUT2D eigenvalue weighted by atomic mass is 15.3. The molecule has 1 saturated heterocycles. The molecular formula is C15H31N. The molecule has 16 heavy (non-hydrogen) atoms. The number of likely N-dealkylation sites (tertiary alicyclic amines) is 1. The monoisotopic (exact) mass is 225 g/mol. The molecule has 1 heterocycles. The maximum absolute atomic E-state index is 2.80. The average molecular weight is 225 g/mol. The molecule has 0 aromatic heterocycles. The summed E-state index contributed by atoms with van der Waals surface area (Å²) in [6.07, 6.45) is 5.47. The minimum Gasteiger partial charge on any atom is -0.292 e. The van der Waals surface area contributed by atoms with Gasteiger partial charge in [-0.05, 0) is 45.4 Å². The fourth-order valence-corrected chi connectivity index (χ4v) is 3.35. The van der Waals surface area contributed by atoms with Gasteiger partial charge in [-0.25, -0.2) is 0 Å². The van der Waals surface area contributed by atoms with E-state index in [1.54, 1.807) is 0 Å². The summed E-state index contributed by atoms with van der Waals surface area (Å²) in [7, 11) is 0. The van der Waals surface area contributed by atoms with E-state index in [9.17, 15) is 0 Å². The molecule has 2 unspecified atom stereocenters. The normalized spacial score (nSPS) is 29.4. The zero-order chi connectivity index (χ0) is 12.6. The van der Waals surface area contributed by atoms with Crippen molar-refractivity contribution in [2.75, 3.05) is 0 Å². The first-order valence-corrected chi connectivity index (χ1v) is 6.96. The molecular weight excluding hydrogens is 194 g/mol. The second-order valence-electron chi connectivity index (χ2n) is 7.45. The summed E-state index contributed by atoms with van der Waals surface area (Å²) in [6.45, 7) is 16.7. The van der Waals surface area contributed by atoms with E-state index in [0.29, 0.717) is 11.0 Å². The van der Waals surface area contributed by atoms with Gasteiger partial charge in [-0.2, -0.15) is 0 Å². The molecule has 1 nitrogen and oxygen atoms in total. The third kappa shape index (κ3) is 3.00. The Balaban J connectivity index is 2.97. The van der Waals surface area contributed by atoms with E-state index in [0.717, 1.165) is 12.1 Å². The molecule has 2 atom stereocenters. The van der Waals surface area contributed by atoms with Gasteiger partial charge in [0.25, 0.3) is 0 Å². The predicted molar refractivity (Wildman–Crippen MR) is 72.8 cm³/mol. The molecule has 96 valence electrons. The van der Waals surface area contributed by atoms with E-state index in [1.807, 2.05) is 0 Å². The maximum Gasteiger partial charge on any atom is 0.0152 e. The molecule has 1 aliphatic heterocycles. The van der Waals surface area contributed by atoms with E-state index < -0.39 is 0 Å². The van der Waals surface area contributed by atoms with Crippen molar-refractivity contribution in [3.63, 3.8) is 0 Å². The lowest BCUT2D eigenvalue weighted by molar-refractivity contribution is -0.0460. The number of hydrogen-bond acceptors (Lipinski definition) is 1. The second kappa shape index (κ2) is 4.68. The van der Waals surface area contributed by atoms with Crippen LogP contribution in [0.2, 0.25) is 0 Å². The second-order valence-corrected chi connectivity index (χ2v) is 7.45. The molecule has 1 heteroatoms. The van der Waals surface area contributed by atoms with Gasteiger partial charge < -0.3 is 0 Å². The maximum atomic E-state index is 2.80. The quantitative estimate of drug-likeness (QED) is 0.636. The van der Waals surface area contributed by atoms with Crippen molar-refractivity contribution in [1.29, 1.82) is 0 Å². The lowest BCUT2D eigenvalue weighted by atomic mass is 9.76. The zero-order valence-electron chi connectivity index (χ0n) is 12.4. The van der Waals surface area contributed by atoms with Gasteiger partial charge in [0, 0.05) is 17.6 Å². The number of hydrogen-bond donors (Lipinski definition) is 0. The summed E-state index contributed by atoms with van der Waals surface area (Å²) < 4.78 is 0. The molecule has 1 aliphatic rings. The van der Waals surface area contributed by atoms with Gasteiger partial charge in [0.05, 0.1) is 0 Å². The Bertz CT molecular complexity index is 219. The predicted octanol–water partition coefficient (Wildman–Crippen LogP) is 4.46. The van der Waals surface area contributed by atoms with E-state index in [-0.39, 0.29) is 0 Å². The Kier molecular flexibility index (Phi) is 4.10. The average Bonchev–Trinajstić information content (AvgIpc) is 2.13. The Morgan fingerprint density at radius 2 is 1.56 bits per heavy atom. The van der Waals surface area contributed by atoms with Gasteiger partial charge in [0.1, 0.15) is 0 Å². The van der Waals surface area contributed by atoms with Crippen molar-refractivity contribution < 1.29 is 0 Å². The van der Waals surface area contributed by atoms with Gasteiger partial charge >= 0.3 is 0 Å². The van der Waals surface area contributed by atoms with Crippen molar-refractivity contribution in [1.82, 2.24) is 4.90 Å².